The van der Waals surface area contributed by atoms with Crippen LogP contribution in [0.1, 0.15) is 69.8 Å². The van der Waals surface area contributed by atoms with Crippen molar-refractivity contribution < 1.29 is 9.15 Å². The minimum absolute atomic E-state index is 0.574. The lowest BCUT2D eigenvalue weighted by molar-refractivity contribution is 0.102. The van der Waals surface area contributed by atoms with Crippen molar-refractivity contribution in [3.05, 3.63) is 30.2 Å². The van der Waals surface area contributed by atoms with E-state index in [0.29, 0.717) is 6.61 Å². The van der Waals surface area contributed by atoms with Gasteiger partial charge in [0.1, 0.15) is 18.1 Å². The van der Waals surface area contributed by atoms with Gasteiger partial charge in [0.2, 0.25) is 0 Å². The maximum Gasteiger partial charge on any atom is 0.130 e. The Hall–Kier alpha value is -1.02. The van der Waals surface area contributed by atoms with Crippen LogP contribution >= 0.6 is 0 Å². The van der Waals surface area contributed by atoms with Crippen LogP contribution in [0.5, 0.6) is 0 Å². The van der Waals surface area contributed by atoms with Crippen LogP contribution in [0.4, 0.5) is 0 Å². The summed E-state index contributed by atoms with van der Waals surface area (Å²) in [6.07, 6.45) is 12.4. The summed E-state index contributed by atoms with van der Waals surface area (Å²) >= 11 is 0. The molecular weight excluding hydrogens is 236 g/mol. The van der Waals surface area contributed by atoms with Crippen molar-refractivity contribution in [2.75, 3.05) is 6.61 Å². The summed E-state index contributed by atoms with van der Waals surface area (Å²) in [5, 5.41) is 0. The number of unbranched alkanes of at least 4 members (excludes halogenated alkanes) is 7. The smallest absolute Gasteiger partial charge is 0.130 e. The Balaban J connectivity index is 1.87. The van der Waals surface area contributed by atoms with Gasteiger partial charge in [-0.3, -0.25) is 0 Å². The van der Waals surface area contributed by atoms with E-state index in [1.165, 1.54) is 44.9 Å². The summed E-state index contributed by atoms with van der Waals surface area (Å²) in [7, 11) is 0. The van der Waals surface area contributed by atoms with Gasteiger partial charge < -0.3 is 9.15 Å². The van der Waals surface area contributed by atoms with E-state index in [0.717, 1.165) is 24.5 Å². The van der Waals surface area contributed by atoms with Gasteiger partial charge in [-0.05, 0) is 24.6 Å². The third kappa shape index (κ3) is 7.89. The van der Waals surface area contributed by atoms with E-state index >= 15 is 0 Å². The Morgan fingerprint density at radius 3 is 2.37 bits per heavy atom. The molecule has 0 aromatic carbocycles. The van der Waals surface area contributed by atoms with E-state index in [2.05, 4.69) is 13.5 Å². The fraction of sp³-hybridized carbons (Fsp3) is 0.647. The molecule has 108 valence electrons. The standard InChI is InChI=1S/C17H28O2/c1-3-5-6-7-8-9-10-11-14-18-15-17-13-12-16(4-2)19-17/h4,12-13H,2-3,5-11,14-15H2,1H3. The Morgan fingerprint density at radius 1 is 1.05 bits per heavy atom. The van der Waals surface area contributed by atoms with E-state index in [1.54, 1.807) is 6.08 Å². The van der Waals surface area contributed by atoms with Gasteiger partial charge in [-0.2, -0.15) is 0 Å². The molecule has 0 radical (unpaired) electrons. The largest absolute Gasteiger partial charge is 0.459 e. The highest BCUT2D eigenvalue weighted by atomic mass is 16.5. The summed E-state index contributed by atoms with van der Waals surface area (Å²) in [6, 6.07) is 3.87. The number of hydrogen-bond donors (Lipinski definition) is 0. The number of rotatable bonds is 12. The molecule has 1 rings (SSSR count). The first kappa shape index (κ1) is 16.0. The molecule has 1 aromatic rings. The second-order valence-corrected chi connectivity index (χ2v) is 5.04. The molecule has 0 unspecified atom stereocenters. The van der Waals surface area contributed by atoms with Crippen molar-refractivity contribution in [1.82, 2.24) is 0 Å². The van der Waals surface area contributed by atoms with Gasteiger partial charge in [0.15, 0.2) is 0 Å². The normalized spacial score (nSPS) is 10.8. The molecule has 0 saturated carbocycles. The first-order valence-electron chi connectivity index (χ1n) is 7.65. The molecule has 2 nitrogen and oxygen atoms in total. The van der Waals surface area contributed by atoms with Gasteiger partial charge in [0.05, 0.1) is 0 Å². The van der Waals surface area contributed by atoms with Crippen LogP contribution in [0, 0.1) is 0 Å². The summed E-state index contributed by atoms with van der Waals surface area (Å²) in [5.41, 5.74) is 0. The quantitative estimate of drug-likeness (QED) is 0.460. The minimum atomic E-state index is 0.574. The Kier molecular flexibility index (Phi) is 9.17. The fourth-order valence-corrected chi connectivity index (χ4v) is 2.09. The lowest BCUT2D eigenvalue weighted by atomic mass is 10.1. The zero-order chi connectivity index (χ0) is 13.8. The highest BCUT2D eigenvalue weighted by molar-refractivity contribution is 5.39. The number of ether oxygens (including phenoxy) is 1. The molecule has 2 heteroatoms. The van der Waals surface area contributed by atoms with Crippen LogP contribution in [0.25, 0.3) is 6.08 Å². The molecular formula is C17H28O2. The predicted molar refractivity (Wildman–Crippen MR) is 81.1 cm³/mol. The van der Waals surface area contributed by atoms with Crippen LogP contribution in [-0.2, 0) is 11.3 Å². The molecule has 0 aliphatic heterocycles. The lowest BCUT2D eigenvalue weighted by Crippen LogP contribution is -1.94. The molecule has 0 fully saturated rings. The molecule has 1 heterocycles. The van der Waals surface area contributed by atoms with Crippen LogP contribution in [0.2, 0.25) is 0 Å². The van der Waals surface area contributed by atoms with E-state index in [4.69, 9.17) is 9.15 Å². The molecule has 0 amide bonds. The molecule has 0 bridgehead atoms. The topological polar surface area (TPSA) is 22.4 Å². The molecule has 0 spiro atoms. The molecule has 0 saturated heterocycles. The lowest BCUT2D eigenvalue weighted by Gasteiger charge is -2.03. The zero-order valence-electron chi connectivity index (χ0n) is 12.3. The zero-order valence-corrected chi connectivity index (χ0v) is 12.3. The van der Waals surface area contributed by atoms with Crippen molar-refractivity contribution in [3.8, 4) is 0 Å². The highest BCUT2D eigenvalue weighted by Gasteiger charge is 1.99. The SMILES string of the molecule is C=Cc1ccc(COCCCCCCCCCC)o1. The average Bonchev–Trinajstić information content (AvgIpc) is 2.89. The van der Waals surface area contributed by atoms with Gasteiger partial charge in [-0.25, -0.2) is 0 Å². The second kappa shape index (κ2) is 10.9. The second-order valence-electron chi connectivity index (χ2n) is 5.04. The molecule has 0 aliphatic carbocycles. The monoisotopic (exact) mass is 264 g/mol. The molecule has 0 aliphatic rings. The maximum atomic E-state index is 5.59. The summed E-state index contributed by atoms with van der Waals surface area (Å²) in [4.78, 5) is 0. The van der Waals surface area contributed by atoms with Gasteiger partial charge in [-0.1, -0.05) is 58.4 Å². The first-order valence-corrected chi connectivity index (χ1v) is 7.65. The minimum Gasteiger partial charge on any atom is -0.459 e. The average molecular weight is 264 g/mol. The van der Waals surface area contributed by atoms with Gasteiger partial charge >= 0.3 is 0 Å². The van der Waals surface area contributed by atoms with Gasteiger partial charge in [-0.15, -0.1) is 0 Å². The van der Waals surface area contributed by atoms with Crippen molar-refractivity contribution in [1.29, 1.82) is 0 Å². The Bertz CT molecular complexity index is 328. The van der Waals surface area contributed by atoms with Crippen LogP contribution in [0.15, 0.2) is 23.1 Å². The van der Waals surface area contributed by atoms with Crippen LogP contribution in [-0.4, -0.2) is 6.61 Å². The van der Waals surface area contributed by atoms with E-state index < -0.39 is 0 Å². The molecule has 0 N–H and O–H groups in total. The summed E-state index contributed by atoms with van der Waals surface area (Å²) < 4.78 is 11.1. The fourth-order valence-electron chi connectivity index (χ4n) is 2.09. The number of furan rings is 1. The van der Waals surface area contributed by atoms with Crippen LogP contribution < -0.4 is 0 Å². The van der Waals surface area contributed by atoms with Crippen LogP contribution in [0.3, 0.4) is 0 Å². The molecule has 1 aromatic heterocycles. The highest BCUT2D eigenvalue weighted by Crippen LogP contribution is 2.11. The maximum absolute atomic E-state index is 5.59. The molecule has 19 heavy (non-hydrogen) atoms. The van der Waals surface area contributed by atoms with Crippen molar-refractivity contribution >= 4 is 6.08 Å². The Labute approximate surface area is 117 Å². The van der Waals surface area contributed by atoms with Crippen molar-refractivity contribution in [3.63, 3.8) is 0 Å². The van der Waals surface area contributed by atoms with Crippen molar-refractivity contribution in [2.45, 2.75) is 64.9 Å². The molecule has 0 atom stereocenters. The third-order valence-electron chi connectivity index (χ3n) is 3.27. The van der Waals surface area contributed by atoms with Crippen molar-refractivity contribution in [2.24, 2.45) is 0 Å². The number of hydrogen-bond acceptors (Lipinski definition) is 2. The predicted octanol–water partition coefficient (Wildman–Crippen LogP) is 5.58. The summed E-state index contributed by atoms with van der Waals surface area (Å²) in [6.45, 7) is 7.33. The van der Waals surface area contributed by atoms with Gasteiger partial charge in [0, 0.05) is 6.61 Å². The Morgan fingerprint density at radius 2 is 1.74 bits per heavy atom. The van der Waals surface area contributed by atoms with Gasteiger partial charge in [0.25, 0.3) is 0 Å². The van der Waals surface area contributed by atoms with E-state index in [1.807, 2.05) is 12.1 Å². The van der Waals surface area contributed by atoms with E-state index in [9.17, 15) is 0 Å². The third-order valence-corrected chi connectivity index (χ3v) is 3.27. The summed E-state index contributed by atoms with van der Waals surface area (Å²) in [5.74, 6) is 1.69. The first-order chi connectivity index (χ1) is 9.36. The van der Waals surface area contributed by atoms with E-state index in [-0.39, 0.29) is 0 Å².